The zero-order valence-electron chi connectivity index (χ0n) is 8.57. The van der Waals surface area contributed by atoms with Crippen LogP contribution in [-0.4, -0.2) is 11.1 Å². The van der Waals surface area contributed by atoms with Crippen LogP contribution in [-0.2, 0) is 4.79 Å². The molecule has 0 amide bonds. The van der Waals surface area contributed by atoms with Gasteiger partial charge in [-0.05, 0) is 37.8 Å². The van der Waals surface area contributed by atoms with Crippen molar-refractivity contribution in [2.45, 2.75) is 26.8 Å². The molecule has 0 saturated heterocycles. The maximum Gasteiger partial charge on any atom is 0.311 e. The lowest BCUT2D eigenvalue weighted by Gasteiger charge is -2.27. The van der Waals surface area contributed by atoms with Crippen LogP contribution in [0, 0.1) is 12.3 Å². The van der Waals surface area contributed by atoms with Crippen LogP contribution in [0.4, 0.5) is 0 Å². The molecule has 3 N–H and O–H groups in total. The van der Waals surface area contributed by atoms with Gasteiger partial charge in [-0.15, -0.1) is 11.3 Å². The molecule has 3 nitrogen and oxygen atoms in total. The van der Waals surface area contributed by atoms with Gasteiger partial charge in [0, 0.05) is 10.9 Å². The van der Waals surface area contributed by atoms with Crippen molar-refractivity contribution in [1.29, 1.82) is 0 Å². The first-order valence-corrected chi connectivity index (χ1v) is 5.28. The van der Waals surface area contributed by atoms with Gasteiger partial charge in [0.15, 0.2) is 0 Å². The summed E-state index contributed by atoms with van der Waals surface area (Å²) in [5, 5.41) is 11.0. The second-order valence-electron chi connectivity index (χ2n) is 3.94. The smallest absolute Gasteiger partial charge is 0.311 e. The van der Waals surface area contributed by atoms with Gasteiger partial charge in [0.2, 0.25) is 0 Å². The third-order valence-electron chi connectivity index (χ3n) is 2.56. The Morgan fingerprint density at radius 2 is 2.21 bits per heavy atom. The van der Waals surface area contributed by atoms with Crippen molar-refractivity contribution in [2.75, 3.05) is 0 Å². The summed E-state index contributed by atoms with van der Waals surface area (Å²) in [4.78, 5) is 12.1. The van der Waals surface area contributed by atoms with E-state index < -0.39 is 17.4 Å². The molecule has 0 bridgehead atoms. The van der Waals surface area contributed by atoms with Crippen LogP contribution in [0.1, 0.15) is 30.3 Å². The van der Waals surface area contributed by atoms with Crippen molar-refractivity contribution in [3.05, 3.63) is 21.9 Å². The fraction of sp³-hybridized carbons (Fsp3) is 0.500. The number of aliphatic carboxylic acids is 1. The van der Waals surface area contributed by atoms with Crippen molar-refractivity contribution in [2.24, 2.45) is 11.1 Å². The van der Waals surface area contributed by atoms with Gasteiger partial charge in [0.05, 0.1) is 5.41 Å². The molecule has 0 saturated carbocycles. The highest BCUT2D eigenvalue weighted by atomic mass is 32.1. The molecule has 0 spiro atoms. The lowest BCUT2D eigenvalue weighted by Crippen LogP contribution is -2.36. The van der Waals surface area contributed by atoms with Gasteiger partial charge in [-0.25, -0.2) is 0 Å². The molecule has 0 aliphatic heterocycles. The first kappa shape index (κ1) is 11.2. The average Bonchev–Trinajstić information content (AvgIpc) is 2.49. The van der Waals surface area contributed by atoms with Gasteiger partial charge in [0.25, 0.3) is 0 Å². The Kier molecular flexibility index (Phi) is 2.97. The van der Waals surface area contributed by atoms with E-state index in [9.17, 15) is 4.79 Å². The van der Waals surface area contributed by atoms with Crippen LogP contribution in [0.15, 0.2) is 11.4 Å². The number of thiophene rings is 1. The molecular formula is C10H15NO2S. The number of aryl methyl sites for hydroxylation is 1. The van der Waals surface area contributed by atoms with Crippen molar-refractivity contribution in [3.63, 3.8) is 0 Å². The average molecular weight is 213 g/mol. The zero-order chi connectivity index (χ0) is 10.9. The molecule has 1 unspecified atom stereocenters. The molecule has 1 aromatic heterocycles. The van der Waals surface area contributed by atoms with E-state index in [0.717, 1.165) is 10.4 Å². The summed E-state index contributed by atoms with van der Waals surface area (Å²) in [5.74, 6) is -0.865. The summed E-state index contributed by atoms with van der Waals surface area (Å²) in [6.07, 6.45) is 0. The lowest BCUT2D eigenvalue weighted by atomic mass is 9.81. The van der Waals surface area contributed by atoms with E-state index in [2.05, 4.69) is 0 Å². The molecule has 14 heavy (non-hydrogen) atoms. The molecule has 0 radical (unpaired) electrons. The van der Waals surface area contributed by atoms with Crippen LogP contribution in [0.5, 0.6) is 0 Å². The van der Waals surface area contributed by atoms with Gasteiger partial charge in [-0.2, -0.15) is 0 Å². The van der Waals surface area contributed by atoms with Gasteiger partial charge >= 0.3 is 5.97 Å². The number of nitrogens with two attached hydrogens (primary N) is 1. The summed E-state index contributed by atoms with van der Waals surface area (Å²) < 4.78 is 0. The largest absolute Gasteiger partial charge is 0.481 e. The minimum absolute atomic E-state index is 0.453. The summed E-state index contributed by atoms with van der Waals surface area (Å²) in [6, 6.07) is 1.45. The van der Waals surface area contributed by atoms with E-state index in [1.54, 1.807) is 25.2 Å². The van der Waals surface area contributed by atoms with Crippen molar-refractivity contribution in [1.82, 2.24) is 0 Å². The number of carboxylic acids is 1. The molecule has 1 heterocycles. The van der Waals surface area contributed by atoms with E-state index in [0.29, 0.717) is 0 Å². The fourth-order valence-electron chi connectivity index (χ4n) is 1.24. The molecule has 0 aromatic carbocycles. The van der Waals surface area contributed by atoms with Crippen LogP contribution < -0.4 is 5.73 Å². The van der Waals surface area contributed by atoms with Crippen LogP contribution in [0.3, 0.4) is 0 Å². The number of hydrogen-bond acceptors (Lipinski definition) is 3. The van der Waals surface area contributed by atoms with Crippen LogP contribution >= 0.6 is 11.3 Å². The van der Waals surface area contributed by atoms with Gasteiger partial charge < -0.3 is 10.8 Å². The number of rotatable bonds is 3. The Bertz CT molecular complexity index is 344. The summed E-state index contributed by atoms with van der Waals surface area (Å²) in [5.41, 5.74) is 5.95. The van der Waals surface area contributed by atoms with Crippen molar-refractivity contribution < 1.29 is 9.90 Å². The van der Waals surface area contributed by atoms with Crippen molar-refractivity contribution in [3.8, 4) is 0 Å². The number of carbonyl (C=O) groups is 1. The van der Waals surface area contributed by atoms with E-state index in [1.165, 1.54) is 0 Å². The predicted molar refractivity (Wildman–Crippen MR) is 57.4 cm³/mol. The van der Waals surface area contributed by atoms with E-state index in [4.69, 9.17) is 10.8 Å². The molecular weight excluding hydrogens is 198 g/mol. The molecule has 0 aliphatic carbocycles. The molecule has 1 rings (SSSR count). The quantitative estimate of drug-likeness (QED) is 0.808. The maximum atomic E-state index is 11.0. The number of carboxylic acid groups (broad SMARTS) is 1. The Hall–Kier alpha value is -0.870. The normalized spacial score (nSPS) is 14.0. The van der Waals surface area contributed by atoms with Crippen LogP contribution in [0.2, 0.25) is 0 Å². The summed E-state index contributed by atoms with van der Waals surface area (Å²) in [6.45, 7) is 5.26. The first-order chi connectivity index (χ1) is 6.37. The predicted octanol–water partition coefficient (Wildman–Crippen LogP) is 2.17. The molecule has 0 aliphatic rings. The van der Waals surface area contributed by atoms with E-state index in [1.807, 2.05) is 18.4 Å². The highest BCUT2D eigenvalue weighted by Crippen LogP contribution is 2.34. The van der Waals surface area contributed by atoms with E-state index >= 15 is 0 Å². The minimum atomic E-state index is -0.925. The Labute approximate surface area is 87.6 Å². The molecule has 1 aromatic rings. The molecule has 1 atom stereocenters. The summed E-state index contributed by atoms with van der Waals surface area (Å²) >= 11 is 1.59. The van der Waals surface area contributed by atoms with Crippen LogP contribution in [0.25, 0.3) is 0 Å². The highest BCUT2D eigenvalue weighted by Gasteiger charge is 2.36. The second kappa shape index (κ2) is 3.71. The highest BCUT2D eigenvalue weighted by molar-refractivity contribution is 7.10. The zero-order valence-corrected chi connectivity index (χ0v) is 9.39. The van der Waals surface area contributed by atoms with Gasteiger partial charge in [-0.3, -0.25) is 4.79 Å². The van der Waals surface area contributed by atoms with Crippen molar-refractivity contribution >= 4 is 17.3 Å². The fourth-order valence-corrected chi connectivity index (χ4v) is 1.99. The first-order valence-electron chi connectivity index (χ1n) is 4.40. The topological polar surface area (TPSA) is 63.3 Å². The minimum Gasteiger partial charge on any atom is -0.481 e. The molecule has 0 fully saturated rings. The van der Waals surface area contributed by atoms with E-state index in [-0.39, 0.29) is 0 Å². The maximum absolute atomic E-state index is 11.0. The molecule has 4 heteroatoms. The Morgan fingerprint density at radius 1 is 1.64 bits per heavy atom. The third kappa shape index (κ3) is 1.81. The molecule has 78 valence electrons. The lowest BCUT2D eigenvalue weighted by molar-refractivity contribution is -0.148. The summed E-state index contributed by atoms with van der Waals surface area (Å²) in [7, 11) is 0. The Morgan fingerprint density at radius 3 is 2.57 bits per heavy atom. The SMILES string of the molecule is Cc1sccc1C(N)C(C)(C)C(=O)O. The second-order valence-corrected chi connectivity index (χ2v) is 5.06. The Balaban J connectivity index is 3.02. The van der Waals surface area contributed by atoms with Gasteiger partial charge in [-0.1, -0.05) is 0 Å². The standard InChI is InChI=1S/C10H15NO2S/c1-6-7(4-5-14-6)8(11)10(2,3)9(12)13/h4-5,8H,11H2,1-3H3,(H,12,13). The monoisotopic (exact) mass is 213 g/mol. The van der Waals surface area contributed by atoms with Gasteiger partial charge in [0.1, 0.15) is 0 Å². The third-order valence-corrected chi connectivity index (χ3v) is 3.42. The number of hydrogen-bond donors (Lipinski definition) is 2.